The summed E-state index contributed by atoms with van der Waals surface area (Å²) in [5.41, 5.74) is 0. The van der Waals surface area contributed by atoms with E-state index in [1.807, 2.05) is 29.2 Å². The van der Waals surface area contributed by atoms with Crippen LogP contribution in [0.15, 0.2) is 24.3 Å². The highest BCUT2D eigenvalue weighted by atomic mass is 16.5. The molecule has 1 aliphatic heterocycles. The molecule has 0 bridgehead atoms. The van der Waals surface area contributed by atoms with Crippen molar-refractivity contribution in [3.63, 3.8) is 0 Å². The highest BCUT2D eigenvalue weighted by Gasteiger charge is 2.19. The maximum Gasteiger partial charge on any atom is 0.317 e. The molecule has 2 rings (SSSR count). The molecule has 2 amide bonds. The van der Waals surface area contributed by atoms with E-state index in [9.17, 15) is 4.79 Å². The van der Waals surface area contributed by atoms with Gasteiger partial charge in [0.1, 0.15) is 6.61 Å². The van der Waals surface area contributed by atoms with Crippen LogP contribution in [0, 0.1) is 5.92 Å². The summed E-state index contributed by atoms with van der Waals surface area (Å²) in [5, 5.41) is 2.90. The average molecular weight is 292 g/mol. The number of carbonyl (C=O) groups excluding carboxylic acids is 1. The summed E-state index contributed by atoms with van der Waals surface area (Å²) in [6.07, 6.45) is 2.18. The van der Waals surface area contributed by atoms with Crippen LogP contribution in [-0.4, -0.2) is 44.3 Å². The quantitative estimate of drug-likeness (QED) is 0.848. The standard InChI is InChI=1S/C16H24N2O3/c1-13-7-10-18(11-8-13)16(19)17-9-12-21-15-6-4-3-5-14(15)20-2/h3-6,13H,7-12H2,1-2H3,(H,17,19). The van der Waals surface area contributed by atoms with E-state index in [-0.39, 0.29) is 6.03 Å². The Hall–Kier alpha value is -1.91. The maximum atomic E-state index is 12.0. The number of ether oxygens (including phenoxy) is 2. The molecule has 1 aromatic carbocycles. The SMILES string of the molecule is COc1ccccc1OCCNC(=O)N1CCC(C)CC1. The number of carbonyl (C=O) groups is 1. The van der Waals surface area contributed by atoms with Gasteiger partial charge in [-0.2, -0.15) is 0 Å². The monoisotopic (exact) mass is 292 g/mol. The molecule has 0 spiro atoms. The fourth-order valence-corrected chi connectivity index (χ4v) is 2.38. The summed E-state index contributed by atoms with van der Waals surface area (Å²) in [4.78, 5) is 13.9. The molecule has 1 aromatic rings. The molecule has 1 aliphatic rings. The Morgan fingerprint density at radius 3 is 2.62 bits per heavy atom. The maximum absolute atomic E-state index is 12.0. The van der Waals surface area contributed by atoms with Gasteiger partial charge in [0.25, 0.3) is 0 Å². The lowest BCUT2D eigenvalue weighted by molar-refractivity contribution is 0.171. The summed E-state index contributed by atoms with van der Waals surface area (Å²) in [6.45, 7) is 4.84. The van der Waals surface area contributed by atoms with Gasteiger partial charge in [-0.3, -0.25) is 0 Å². The highest BCUT2D eigenvalue weighted by molar-refractivity contribution is 5.74. The molecule has 0 radical (unpaired) electrons. The number of nitrogens with one attached hydrogen (secondary N) is 1. The van der Waals surface area contributed by atoms with Gasteiger partial charge in [-0.1, -0.05) is 19.1 Å². The number of benzene rings is 1. The molecule has 1 fully saturated rings. The Morgan fingerprint density at radius 1 is 1.29 bits per heavy atom. The molecule has 5 nitrogen and oxygen atoms in total. The Labute approximate surface area is 126 Å². The number of amides is 2. The molecule has 116 valence electrons. The minimum absolute atomic E-state index is 0.00512. The molecule has 0 unspecified atom stereocenters. The van der Waals surface area contributed by atoms with Crippen molar-refractivity contribution in [2.75, 3.05) is 33.4 Å². The third kappa shape index (κ3) is 4.55. The Morgan fingerprint density at radius 2 is 1.95 bits per heavy atom. The molecule has 5 heteroatoms. The second-order valence-corrected chi connectivity index (χ2v) is 5.40. The topological polar surface area (TPSA) is 50.8 Å². The van der Waals surface area contributed by atoms with Gasteiger partial charge in [-0.15, -0.1) is 0 Å². The van der Waals surface area contributed by atoms with Crippen LogP contribution in [0.25, 0.3) is 0 Å². The summed E-state index contributed by atoms with van der Waals surface area (Å²) in [5.74, 6) is 2.12. The van der Waals surface area contributed by atoms with Gasteiger partial charge >= 0.3 is 6.03 Å². The first-order valence-electron chi connectivity index (χ1n) is 7.49. The van der Waals surface area contributed by atoms with Crippen molar-refractivity contribution in [3.05, 3.63) is 24.3 Å². The number of rotatable bonds is 5. The smallest absolute Gasteiger partial charge is 0.317 e. The lowest BCUT2D eigenvalue weighted by Gasteiger charge is -2.30. The van der Waals surface area contributed by atoms with Gasteiger partial charge in [0.2, 0.25) is 0 Å². The summed E-state index contributed by atoms with van der Waals surface area (Å²) in [7, 11) is 1.61. The fourth-order valence-electron chi connectivity index (χ4n) is 2.38. The van der Waals surface area contributed by atoms with Crippen LogP contribution in [0.2, 0.25) is 0 Å². The van der Waals surface area contributed by atoms with Gasteiger partial charge in [0.05, 0.1) is 13.7 Å². The van der Waals surface area contributed by atoms with E-state index in [2.05, 4.69) is 12.2 Å². The van der Waals surface area contributed by atoms with Crippen molar-refractivity contribution < 1.29 is 14.3 Å². The molecule has 21 heavy (non-hydrogen) atoms. The van der Waals surface area contributed by atoms with Gasteiger partial charge in [-0.25, -0.2) is 4.79 Å². The third-order valence-corrected chi connectivity index (χ3v) is 3.78. The zero-order valence-corrected chi connectivity index (χ0v) is 12.8. The predicted molar refractivity (Wildman–Crippen MR) is 81.9 cm³/mol. The third-order valence-electron chi connectivity index (χ3n) is 3.78. The molecule has 0 atom stereocenters. The lowest BCUT2D eigenvalue weighted by atomic mass is 10.00. The first kappa shape index (κ1) is 15.5. The zero-order chi connectivity index (χ0) is 15.1. The molecule has 1 saturated heterocycles. The van der Waals surface area contributed by atoms with Crippen LogP contribution >= 0.6 is 0 Å². The molecule has 0 aliphatic carbocycles. The average Bonchev–Trinajstić information content (AvgIpc) is 2.52. The molecule has 0 aromatic heterocycles. The number of nitrogens with zero attached hydrogens (tertiary/aromatic N) is 1. The van der Waals surface area contributed by atoms with E-state index in [1.165, 1.54) is 0 Å². The van der Waals surface area contributed by atoms with Gasteiger partial charge < -0.3 is 19.7 Å². The van der Waals surface area contributed by atoms with Crippen LogP contribution in [0.1, 0.15) is 19.8 Å². The first-order chi connectivity index (χ1) is 10.2. The van der Waals surface area contributed by atoms with Crippen molar-refractivity contribution in [1.82, 2.24) is 10.2 Å². The molecule has 1 N–H and O–H groups in total. The van der Waals surface area contributed by atoms with E-state index in [1.54, 1.807) is 7.11 Å². The highest BCUT2D eigenvalue weighted by Crippen LogP contribution is 2.25. The zero-order valence-electron chi connectivity index (χ0n) is 12.8. The second-order valence-electron chi connectivity index (χ2n) is 5.40. The summed E-state index contributed by atoms with van der Waals surface area (Å²) < 4.78 is 10.8. The number of methoxy groups -OCH3 is 1. The number of urea groups is 1. The van der Waals surface area contributed by atoms with E-state index < -0.39 is 0 Å². The Kier molecular flexibility index (Phi) is 5.72. The number of likely N-dealkylation sites (tertiary alicyclic amines) is 1. The molecular weight excluding hydrogens is 268 g/mol. The lowest BCUT2D eigenvalue weighted by Crippen LogP contribution is -2.45. The minimum atomic E-state index is 0.00512. The predicted octanol–water partition coefficient (Wildman–Crippen LogP) is 2.52. The Balaban J connectivity index is 1.68. The first-order valence-corrected chi connectivity index (χ1v) is 7.49. The summed E-state index contributed by atoms with van der Waals surface area (Å²) in [6, 6.07) is 7.50. The van der Waals surface area contributed by atoms with Crippen LogP contribution < -0.4 is 14.8 Å². The normalized spacial score (nSPS) is 15.6. The van der Waals surface area contributed by atoms with Gasteiger partial charge in [0.15, 0.2) is 11.5 Å². The number of hydrogen-bond acceptors (Lipinski definition) is 3. The fraction of sp³-hybridized carbons (Fsp3) is 0.562. The summed E-state index contributed by atoms with van der Waals surface area (Å²) >= 11 is 0. The minimum Gasteiger partial charge on any atom is -0.493 e. The van der Waals surface area contributed by atoms with E-state index >= 15 is 0 Å². The molecular formula is C16H24N2O3. The van der Waals surface area contributed by atoms with Crippen LogP contribution in [0.3, 0.4) is 0 Å². The van der Waals surface area contributed by atoms with Crippen LogP contribution in [0.5, 0.6) is 11.5 Å². The van der Waals surface area contributed by atoms with Crippen LogP contribution in [0.4, 0.5) is 4.79 Å². The van der Waals surface area contributed by atoms with Gasteiger partial charge in [-0.05, 0) is 30.9 Å². The van der Waals surface area contributed by atoms with Crippen molar-refractivity contribution in [1.29, 1.82) is 0 Å². The Bertz CT molecular complexity index is 457. The number of para-hydroxylation sites is 2. The van der Waals surface area contributed by atoms with Crippen molar-refractivity contribution >= 4 is 6.03 Å². The number of hydrogen-bond donors (Lipinski definition) is 1. The molecule has 1 heterocycles. The van der Waals surface area contributed by atoms with Crippen LogP contribution in [-0.2, 0) is 0 Å². The van der Waals surface area contributed by atoms with E-state index in [0.717, 1.165) is 31.8 Å². The van der Waals surface area contributed by atoms with E-state index in [0.29, 0.717) is 24.7 Å². The largest absolute Gasteiger partial charge is 0.493 e. The van der Waals surface area contributed by atoms with Crippen molar-refractivity contribution in [2.24, 2.45) is 5.92 Å². The van der Waals surface area contributed by atoms with Gasteiger partial charge in [0, 0.05) is 13.1 Å². The number of piperidine rings is 1. The molecule has 0 saturated carbocycles. The van der Waals surface area contributed by atoms with Crippen molar-refractivity contribution in [2.45, 2.75) is 19.8 Å². The van der Waals surface area contributed by atoms with Crippen molar-refractivity contribution in [3.8, 4) is 11.5 Å². The second kappa shape index (κ2) is 7.76. The van der Waals surface area contributed by atoms with E-state index in [4.69, 9.17) is 9.47 Å².